The fourth-order valence-electron chi connectivity index (χ4n) is 0.393. The van der Waals surface area contributed by atoms with Crippen LogP contribution in [0.1, 0.15) is 0 Å². The Labute approximate surface area is 51.9 Å². The van der Waals surface area contributed by atoms with Gasteiger partial charge in [0.15, 0.2) is 0 Å². The van der Waals surface area contributed by atoms with Gasteiger partial charge in [-0.25, -0.2) is 0 Å². The SMILES string of the molecule is ClC1(Cl)C=CCO1. The van der Waals surface area contributed by atoms with E-state index in [4.69, 9.17) is 27.9 Å². The molecule has 0 bridgehead atoms. The molecule has 0 aliphatic carbocycles. The minimum atomic E-state index is -1.04. The average Bonchev–Trinajstić information content (AvgIpc) is 1.84. The zero-order valence-corrected chi connectivity index (χ0v) is 5.04. The lowest BCUT2D eigenvalue weighted by Crippen LogP contribution is -2.07. The monoisotopic (exact) mass is 138 g/mol. The molecule has 0 atom stereocenters. The van der Waals surface area contributed by atoms with Crippen LogP contribution in [0.3, 0.4) is 0 Å². The molecule has 3 heteroatoms. The third-order valence-corrected chi connectivity index (χ3v) is 1.15. The Kier molecular flexibility index (Phi) is 1.28. The van der Waals surface area contributed by atoms with Gasteiger partial charge >= 0.3 is 0 Å². The van der Waals surface area contributed by atoms with Crippen molar-refractivity contribution in [3.05, 3.63) is 12.2 Å². The van der Waals surface area contributed by atoms with Crippen molar-refractivity contribution in [1.82, 2.24) is 0 Å². The average molecular weight is 139 g/mol. The zero-order chi connectivity index (χ0) is 5.33. The Balaban J connectivity index is 2.57. The first-order valence-electron chi connectivity index (χ1n) is 1.90. The van der Waals surface area contributed by atoms with Crippen LogP contribution in [0, 0.1) is 0 Å². The Morgan fingerprint density at radius 1 is 1.57 bits per heavy atom. The second-order valence-corrected chi connectivity index (χ2v) is 2.59. The zero-order valence-electron chi connectivity index (χ0n) is 3.53. The van der Waals surface area contributed by atoms with Crippen LogP contribution in [0.5, 0.6) is 0 Å². The second kappa shape index (κ2) is 1.66. The third-order valence-electron chi connectivity index (χ3n) is 0.684. The maximum atomic E-state index is 5.42. The molecule has 0 saturated heterocycles. The Morgan fingerprint density at radius 3 is 2.43 bits per heavy atom. The molecule has 1 aliphatic rings. The molecular formula is C4H4Cl2O. The fourth-order valence-corrected chi connectivity index (χ4v) is 0.697. The molecular weight excluding hydrogens is 135 g/mol. The van der Waals surface area contributed by atoms with Gasteiger partial charge in [-0.2, -0.15) is 0 Å². The van der Waals surface area contributed by atoms with E-state index in [-0.39, 0.29) is 0 Å². The number of hydrogen-bond acceptors (Lipinski definition) is 1. The molecule has 0 amide bonds. The smallest absolute Gasteiger partial charge is 0.237 e. The van der Waals surface area contributed by atoms with Gasteiger partial charge in [-0.1, -0.05) is 29.3 Å². The van der Waals surface area contributed by atoms with Gasteiger partial charge in [0.1, 0.15) is 0 Å². The number of hydrogen-bond donors (Lipinski definition) is 0. The standard InChI is InChI=1S/C4H4Cl2O/c5-4(6)2-1-3-7-4/h1-2H,3H2. The van der Waals surface area contributed by atoms with Crippen LogP contribution >= 0.6 is 23.2 Å². The molecule has 0 aromatic carbocycles. The van der Waals surface area contributed by atoms with E-state index in [1.54, 1.807) is 12.2 Å². The van der Waals surface area contributed by atoms with Gasteiger partial charge in [-0.3, -0.25) is 0 Å². The quantitative estimate of drug-likeness (QED) is 0.366. The van der Waals surface area contributed by atoms with Crippen molar-refractivity contribution >= 4 is 23.2 Å². The van der Waals surface area contributed by atoms with E-state index in [1.165, 1.54) is 0 Å². The first-order chi connectivity index (χ1) is 3.21. The highest BCUT2D eigenvalue weighted by molar-refractivity contribution is 6.48. The van der Waals surface area contributed by atoms with Gasteiger partial charge in [0, 0.05) is 0 Å². The molecule has 0 saturated carbocycles. The van der Waals surface area contributed by atoms with Crippen LogP contribution in [-0.4, -0.2) is 11.1 Å². The summed E-state index contributed by atoms with van der Waals surface area (Å²) in [5.41, 5.74) is 0. The molecule has 1 nitrogen and oxygen atoms in total. The molecule has 0 N–H and O–H groups in total. The lowest BCUT2D eigenvalue weighted by atomic mass is 10.6. The van der Waals surface area contributed by atoms with Crippen LogP contribution in [0.15, 0.2) is 12.2 Å². The highest BCUT2D eigenvalue weighted by Gasteiger charge is 2.23. The number of rotatable bonds is 0. The van der Waals surface area contributed by atoms with Crippen LogP contribution in [0.2, 0.25) is 0 Å². The Hall–Kier alpha value is 0.280. The molecule has 1 rings (SSSR count). The summed E-state index contributed by atoms with van der Waals surface area (Å²) in [6, 6.07) is 0. The van der Waals surface area contributed by atoms with E-state index >= 15 is 0 Å². The summed E-state index contributed by atoms with van der Waals surface area (Å²) in [7, 11) is 0. The molecule has 0 radical (unpaired) electrons. The van der Waals surface area contributed by atoms with Gasteiger partial charge in [0.25, 0.3) is 0 Å². The Morgan fingerprint density at radius 2 is 2.29 bits per heavy atom. The van der Waals surface area contributed by atoms with E-state index in [0.717, 1.165) is 0 Å². The topological polar surface area (TPSA) is 9.23 Å². The number of ether oxygens (including phenoxy) is 1. The minimum Gasteiger partial charge on any atom is -0.339 e. The summed E-state index contributed by atoms with van der Waals surface area (Å²) in [6.45, 7) is 0.521. The second-order valence-electron chi connectivity index (χ2n) is 1.28. The molecule has 0 unspecified atom stereocenters. The van der Waals surface area contributed by atoms with E-state index in [0.29, 0.717) is 6.61 Å². The van der Waals surface area contributed by atoms with Crippen molar-refractivity contribution in [2.24, 2.45) is 0 Å². The van der Waals surface area contributed by atoms with Gasteiger partial charge in [-0.15, -0.1) is 0 Å². The van der Waals surface area contributed by atoms with Crippen LogP contribution in [0.4, 0.5) is 0 Å². The van der Waals surface area contributed by atoms with Crippen LogP contribution in [-0.2, 0) is 4.74 Å². The molecule has 0 aromatic heterocycles. The van der Waals surface area contributed by atoms with Gasteiger partial charge in [0.2, 0.25) is 4.52 Å². The van der Waals surface area contributed by atoms with E-state index in [1.807, 2.05) is 0 Å². The lowest BCUT2D eigenvalue weighted by molar-refractivity contribution is 0.155. The highest BCUT2D eigenvalue weighted by Crippen LogP contribution is 2.27. The minimum absolute atomic E-state index is 0.521. The first kappa shape index (κ1) is 5.42. The molecule has 1 aliphatic heterocycles. The fraction of sp³-hybridized carbons (Fsp3) is 0.500. The summed E-state index contributed by atoms with van der Waals surface area (Å²) in [5, 5.41) is 0. The van der Waals surface area contributed by atoms with Gasteiger partial charge in [0.05, 0.1) is 6.61 Å². The first-order valence-corrected chi connectivity index (χ1v) is 2.66. The molecule has 0 spiro atoms. The van der Waals surface area contributed by atoms with Crippen LogP contribution in [0.25, 0.3) is 0 Å². The summed E-state index contributed by atoms with van der Waals surface area (Å²) in [5.74, 6) is 0. The lowest BCUT2D eigenvalue weighted by Gasteiger charge is -2.06. The number of halogens is 2. The maximum Gasteiger partial charge on any atom is 0.237 e. The summed E-state index contributed by atoms with van der Waals surface area (Å²) in [4.78, 5) is 0. The summed E-state index contributed by atoms with van der Waals surface area (Å²) in [6.07, 6.45) is 3.39. The maximum absolute atomic E-state index is 5.42. The van der Waals surface area contributed by atoms with E-state index < -0.39 is 4.52 Å². The molecule has 7 heavy (non-hydrogen) atoms. The van der Waals surface area contributed by atoms with Crippen molar-refractivity contribution in [2.45, 2.75) is 4.52 Å². The van der Waals surface area contributed by atoms with Gasteiger partial charge < -0.3 is 4.74 Å². The van der Waals surface area contributed by atoms with Crippen LogP contribution < -0.4 is 0 Å². The van der Waals surface area contributed by atoms with Crippen molar-refractivity contribution in [1.29, 1.82) is 0 Å². The van der Waals surface area contributed by atoms with Crippen molar-refractivity contribution < 1.29 is 4.74 Å². The highest BCUT2D eigenvalue weighted by atomic mass is 35.5. The largest absolute Gasteiger partial charge is 0.339 e. The number of alkyl halides is 2. The predicted octanol–water partition coefficient (Wildman–Crippen LogP) is 1.70. The van der Waals surface area contributed by atoms with Crippen molar-refractivity contribution in [3.8, 4) is 0 Å². The third kappa shape index (κ3) is 1.34. The van der Waals surface area contributed by atoms with E-state index in [2.05, 4.69) is 0 Å². The normalized spacial score (nSPS) is 26.0. The summed E-state index contributed by atoms with van der Waals surface area (Å²) < 4.78 is 3.72. The molecule has 0 aromatic rings. The van der Waals surface area contributed by atoms with Crippen molar-refractivity contribution in [2.75, 3.05) is 6.61 Å². The summed E-state index contributed by atoms with van der Waals surface area (Å²) >= 11 is 10.8. The Bertz CT molecular complexity index is 97.9. The molecule has 40 valence electrons. The van der Waals surface area contributed by atoms with E-state index in [9.17, 15) is 0 Å². The van der Waals surface area contributed by atoms with Gasteiger partial charge in [-0.05, 0) is 6.08 Å². The molecule has 1 heterocycles. The van der Waals surface area contributed by atoms with Crippen molar-refractivity contribution in [3.63, 3.8) is 0 Å². The predicted molar refractivity (Wildman–Crippen MR) is 29.5 cm³/mol. The molecule has 0 fully saturated rings.